The molecule has 3 amide bonds. The van der Waals surface area contributed by atoms with Gasteiger partial charge < -0.3 is 16.0 Å². The van der Waals surface area contributed by atoms with Crippen LogP contribution in [0.5, 0.6) is 0 Å². The number of primary amides is 1. The predicted octanol–water partition coefficient (Wildman–Crippen LogP) is 2.20. The monoisotopic (exact) mass is 385 g/mol. The number of benzene rings is 1. The highest BCUT2D eigenvalue weighted by Crippen LogP contribution is 2.17. The van der Waals surface area contributed by atoms with Crippen molar-refractivity contribution in [3.63, 3.8) is 0 Å². The maximum absolute atomic E-state index is 12.4. The zero-order valence-corrected chi connectivity index (χ0v) is 15.8. The first-order chi connectivity index (χ1) is 13.0. The van der Waals surface area contributed by atoms with Gasteiger partial charge >= 0.3 is 0 Å². The number of hydrogen-bond acceptors (Lipinski definition) is 4. The van der Waals surface area contributed by atoms with Crippen molar-refractivity contribution in [1.82, 2.24) is 10.2 Å². The van der Waals surface area contributed by atoms with Crippen molar-refractivity contribution in [2.45, 2.75) is 31.7 Å². The Labute approximate surface area is 162 Å². The number of hydrogen-bond donors (Lipinski definition) is 2. The molecule has 1 saturated heterocycles. The van der Waals surface area contributed by atoms with Crippen LogP contribution in [0.25, 0.3) is 0 Å². The molecule has 0 radical (unpaired) electrons. The van der Waals surface area contributed by atoms with E-state index in [1.54, 1.807) is 5.38 Å². The Kier molecular flexibility index (Phi) is 6.24. The minimum atomic E-state index is -0.535. The van der Waals surface area contributed by atoms with Crippen molar-refractivity contribution in [3.8, 4) is 0 Å². The second kappa shape index (κ2) is 8.81. The highest BCUT2D eigenvalue weighted by Gasteiger charge is 2.24. The minimum Gasteiger partial charge on any atom is -0.366 e. The third kappa shape index (κ3) is 5.17. The summed E-state index contributed by atoms with van der Waals surface area (Å²) in [6, 6.07) is 11.5. The van der Waals surface area contributed by atoms with Gasteiger partial charge in [-0.05, 0) is 30.9 Å². The molecule has 1 aromatic heterocycles. The van der Waals surface area contributed by atoms with E-state index in [9.17, 15) is 14.4 Å². The molecular weight excluding hydrogens is 362 g/mol. The van der Waals surface area contributed by atoms with Crippen LogP contribution in [-0.2, 0) is 11.2 Å². The van der Waals surface area contributed by atoms with Gasteiger partial charge in [-0.2, -0.15) is 0 Å². The molecule has 0 aliphatic carbocycles. The Bertz CT molecular complexity index is 811. The summed E-state index contributed by atoms with van der Waals surface area (Å²) in [4.78, 5) is 38.2. The van der Waals surface area contributed by atoms with Crippen molar-refractivity contribution in [1.29, 1.82) is 0 Å². The number of piperidine rings is 1. The number of likely N-dealkylation sites (tertiary alicyclic amines) is 1. The average molecular weight is 385 g/mol. The standard InChI is InChI=1S/C20H23N3O3S/c21-19(25)15-12-17(27-13-15)20(26)22-16-8-10-23(11-9-16)18(24)7-6-14-4-2-1-3-5-14/h1-5,12-13,16H,6-11H2,(H2,21,25)(H,22,26). The molecule has 2 heterocycles. The maximum Gasteiger partial charge on any atom is 0.261 e. The Morgan fingerprint density at radius 2 is 1.85 bits per heavy atom. The SMILES string of the molecule is NC(=O)c1csc(C(=O)NC2CCN(C(=O)CCc3ccccc3)CC2)c1. The molecule has 3 rings (SSSR count). The fourth-order valence-corrected chi connectivity index (χ4v) is 3.97. The Balaban J connectivity index is 1.43. The summed E-state index contributed by atoms with van der Waals surface area (Å²) < 4.78 is 0. The third-order valence-corrected chi connectivity index (χ3v) is 5.69. The van der Waals surface area contributed by atoms with Gasteiger partial charge in [0, 0.05) is 30.9 Å². The second-order valence-corrected chi connectivity index (χ2v) is 7.59. The summed E-state index contributed by atoms with van der Waals surface area (Å²) in [5.41, 5.74) is 6.73. The van der Waals surface area contributed by atoms with Crippen LogP contribution in [0, 0.1) is 0 Å². The number of carbonyl (C=O) groups excluding carboxylic acids is 3. The van der Waals surface area contributed by atoms with Crippen LogP contribution >= 0.6 is 11.3 Å². The first kappa shape index (κ1) is 19.1. The molecule has 1 fully saturated rings. The molecule has 0 unspecified atom stereocenters. The van der Waals surface area contributed by atoms with Crippen LogP contribution in [0.3, 0.4) is 0 Å². The molecule has 0 atom stereocenters. The molecule has 3 N–H and O–H groups in total. The lowest BCUT2D eigenvalue weighted by Gasteiger charge is -2.32. The van der Waals surface area contributed by atoms with E-state index in [-0.39, 0.29) is 17.9 Å². The van der Waals surface area contributed by atoms with Crippen LogP contribution in [0.1, 0.15) is 44.9 Å². The molecule has 6 nitrogen and oxygen atoms in total. The van der Waals surface area contributed by atoms with Gasteiger partial charge in [0.25, 0.3) is 5.91 Å². The normalized spacial score (nSPS) is 14.7. The fraction of sp³-hybridized carbons (Fsp3) is 0.350. The molecule has 0 spiro atoms. The van der Waals surface area contributed by atoms with E-state index >= 15 is 0 Å². The predicted molar refractivity (Wildman–Crippen MR) is 105 cm³/mol. The van der Waals surface area contributed by atoms with E-state index in [1.165, 1.54) is 23.0 Å². The van der Waals surface area contributed by atoms with Crippen molar-refractivity contribution < 1.29 is 14.4 Å². The van der Waals surface area contributed by atoms with E-state index in [0.717, 1.165) is 19.3 Å². The zero-order chi connectivity index (χ0) is 19.2. The fourth-order valence-electron chi connectivity index (χ4n) is 3.17. The molecule has 0 saturated carbocycles. The van der Waals surface area contributed by atoms with Gasteiger partial charge in [0.05, 0.1) is 10.4 Å². The van der Waals surface area contributed by atoms with Crippen molar-refractivity contribution in [2.24, 2.45) is 5.73 Å². The Morgan fingerprint density at radius 1 is 1.15 bits per heavy atom. The lowest BCUT2D eigenvalue weighted by Crippen LogP contribution is -2.46. The number of carbonyl (C=O) groups is 3. The molecular formula is C20H23N3O3S. The van der Waals surface area contributed by atoms with E-state index in [1.807, 2.05) is 35.2 Å². The van der Waals surface area contributed by atoms with E-state index in [2.05, 4.69) is 5.32 Å². The van der Waals surface area contributed by atoms with Crippen molar-refractivity contribution >= 4 is 29.1 Å². The van der Waals surface area contributed by atoms with Gasteiger partial charge in [0.2, 0.25) is 11.8 Å². The van der Waals surface area contributed by atoms with Crippen LogP contribution < -0.4 is 11.1 Å². The topological polar surface area (TPSA) is 92.5 Å². The van der Waals surface area contributed by atoms with Gasteiger partial charge in [-0.15, -0.1) is 11.3 Å². The summed E-state index contributed by atoms with van der Waals surface area (Å²) in [6.07, 6.45) is 2.72. The molecule has 142 valence electrons. The molecule has 0 bridgehead atoms. The highest BCUT2D eigenvalue weighted by atomic mass is 32.1. The van der Waals surface area contributed by atoms with Crippen LogP contribution in [0.2, 0.25) is 0 Å². The first-order valence-electron chi connectivity index (χ1n) is 9.04. The number of thiophene rings is 1. The van der Waals surface area contributed by atoms with Gasteiger partial charge in [-0.3, -0.25) is 14.4 Å². The number of rotatable bonds is 6. The van der Waals surface area contributed by atoms with E-state index in [0.29, 0.717) is 30.0 Å². The lowest BCUT2D eigenvalue weighted by atomic mass is 10.0. The number of nitrogens with two attached hydrogens (primary N) is 1. The number of nitrogens with one attached hydrogen (secondary N) is 1. The van der Waals surface area contributed by atoms with E-state index in [4.69, 9.17) is 5.73 Å². The average Bonchev–Trinajstić information content (AvgIpc) is 3.18. The number of aryl methyl sites for hydroxylation is 1. The highest BCUT2D eigenvalue weighted by molar-refractivity contribution is 7.12. The van der Waals surface area contributed by atoms with Gasteiger partial charge in [-0.25, -0.2) is 0 Å². The summed E-state index contributed by atoms with van der Waals surface area (Å²) in [6.45, 7) is 1.30. The minimum absolute atomic E-state index is 0.0369. The summed E-state index contributed by atoms with van der Waals surface area (Å²) in [7, 11) is 0. The summed E-state index contributed by atoms with van der Waals surface area (Å²) >= 11 is 1.21. The largest absolute Gasteiger partial charge is 0.366 e. The second-order valence-electron chi connectivity index (χ2n) is 6.68. The van der Waals surface area contributed by atoms with Gasteiger partial charge in [0.1, 0.15) is 0 Å². The summed E-state index contributed by atoms with van der Waals surface area (Å²) in [5.74, 6) is -0.568. The van der Waals surface area contributed by atoms with Crippen LogP contribution in [0.4, 0.5) is 0 Å². The lowest BCUT2D eigenvalue weighted by molar-refractivity contribution is -0.132. The summed E-state index contributed by atoms with van der Waals surface area (Å²) in [5, 5.41) is 4.57. The molecule has 1 aromatic carbocycles. The van der Waals surface area contributed by atoms with Gasteiger partial charge in [-0.1, -0.05) is 30.3 Å². The molecule has 27 heavy (non-hydrogen) atoms. The van der Waals surface area contributed by atoms with Crippen LogP contribution in [0.15, 0.2) is 41.8 Å². The Morgan fingerprint density at radius 3 is 2.48 bits per heavy atom. The maximum atomic E-state index is 12.4. The Hall–Kier alpha value is -2.67. The number of nitrogens with zero attached hydrogens (tertiary/aromatic N) is 1. The van der Waals surface area contributed by atoms with E-state index < -0.39 is 5.91 Å². The smallest absolute Gasteiger partial charge is 0.261 e. The quantitative estimate of drug-likeness (QED) is 0.798. The number of amides is 3. The first-order valence-corrected chi connectivity index (χ1v) is 9.92. The van der Waals surface area contributed by atoms with Gasteiger partial charge in [0.15, 0.2) is 0 Å². The third-order valence-electron chi connectivity index (χ3n) is 4.76. The molecule has 7 heteroatoms. The zero-order valence-electron chi connectivity index (χ0n) is 15.0. The van der Waals surface area contributed by atoms with Crippen LogP contribution in [-0.4, -0.2) is 41.8 Å². The molecule has 1 aliphatic heterocycles. The molecule has 1 aliphatic rings. The van der Waals surface area contributed by atoms with Crippen molar-refractivity contribution in [3.05, 3.63) is 57.8 Å². The van der Waals surface area contributed by atoms with Crippen molar-refractivity contribution in [2.75, 3.05) is 13.1 Å². The molecule has 2 aromatic rings.